The lowest BCUT2D eigenvalue weighted by atomic mass is 9.67. The second kappa shape index (κ2) is 8.58. The molecule has 3 nitrogen and oxygen atoms in total. The van der Waals surface area contributed by atoms with Crippen molar-refractivity contribution in [3.63, 3.8) is 0 Å². The molecule has 0 spiro atoms. The second-order valence-electron chi connectivity index (χ2n) is 9.37. The van der Waals surface area contributed by atoms with Crippen LogP contribution in [-0.4, -0.2) is 30.0 Å². The number of aliphatic hydroxyl groups excluding tert-OH is 1. The molecule has 4 atom stereocenters. The van der Waals surface area contributed by atoms with Crippen LogP contribution >= 0.6 is 0 Å². The van der Waals surface area contributed by atoms with E-state index in [4.69, 9.17) is 10.5 Å². The van der Waals surface area contributed by atoms with Gasteiger partial charge in [-0.05, 0) is 73.8 Å². The third-order valence-corrected chi connectivity index (χ3v) is 7.13. The number of allylic oxidation sites excluding steroid dienone is 3. The number of hydrogen-bond acceptors (Lipinski definition) is 3. The Kier molecular flexibility index (Phi) is 6.63. The summed E-state index contributed by atoms with van der Waals surface area (Å²) in [4.78, 5) is 0. The van der Waals surface area contributed by atoms with Crippen LogP contribution in [0.2, 0.25) is 0 Å². The zero-order chi connectivity index (χ0) is 18.6. The van der Waals surface area contributed by atoms with Gasteiger partial charge in [0, 0.05) is 12.1 Å². The van der Waals surface area contributed by atoms with Crippen LogP contribution in [0.4, 0.5) is 0 Å². The Balaban J connectivity index is 1.52. The van der Waals surface area contributed by atoms with Crippen LogP contribution in [0.1, 0.15) is 84.5 Å². The third-order valence-electron chi connectivity index (χ3n) is 7.13. The number of fused-ring (bicyclic) bond motifs is 1. The van der Waals surface area contributed by atoms with Gasteiger partial charge < -0.3 is 15.6 Å². The Morgan fingerprint density at radius 1 is 1.23 bits per heavy atom. The van der Waals surface area contributed by atoms with Crippen molar-refractivity contribution in [2.75, 3.05) is 13.2 Å². The van der Waals surface area contributed by atoms with E-state index >= 15 is 0 Å². The van der Waals surface area contributed by atoms with E-state index in [1.165, 1.54) is 31.3 Å². The van der Waals surface area contributed by atoms with E-state index in [1.54, 1.807) is 5.57 Å². The fourth-order valence-corrected chi connectivity index (χ4v) is 5.20. The predicted molar refractivity (Wildman–Crippen MR) is 108 cm³/mol. The number of hydrogen-bond donors (Lipinski definition) is 2. The Morgan fingerprint density at radius 3 is 2.81 bits per heavy atom. The van der Waals surface area contributed by atoms with Crippen LogP contribution in [0, 0.1) is 11.3 Å². The van der Waals surface area contributed by atoms with Gasteiger partial charge in [-0.2, -0.15) is 0 Å². The molecular formula is C23H39NO2. The van der Waals surface area contributed by atoms with Crippen LogP contribution in [0.15, 0.2) is 23.3 Å². The molecule has 0 heterocycles. The maximum Gasteiger partial charge on any atom is 0.0618 e. The summed E-state index contributed by atoms with van der Waals surface area (Å²) < 4.78 is 6.16. The van der Waals surface area contributed by atoms with Gasteiger partial charge in [0.05, 0.1) is 12.7 Å². The summed E-state index contributed by atoms with van der Waals surface area (Å²) in [6.45, 7) is 5.70. The normalized spacial score (nSPS) is 37.2. The molecule has 0 aromatic carbocycles. The molecule has 0 aromatic rings. The first-order valence-electron chi connectivity index (χ1n) is 10.9. The molecule has 148 valence electrons. The molecular weight excluding hydrogens is 322 g/mol. The molecule has 0 aromatic heterocycles. The topological polar surface area (TPSA) is 55.5 Å². The molecule has 0 bridgehead atoms. The van der Waals surface area contributed by atoms with Gasteiger partial charge in [-0.1, -0.05) is 45.3 Å². The average molecular weight is 362 g/mol. The molecule has 3 aliphatic carbocycles. The number of aliphatic hydroxyl groups is 1. The molecule has 3 rings (SSSR count). The van der Waals surface area contributed by atoms with Gasteiger partial charge >= 0.3 is 0 Å². The Bertz CT molecular complexity index is 540. The molecule has 3 heteroatoms. The van der Waals surface area contributed by atoms with Crippen molar-refractivity contribution in [1.82, 2.24) is 0 Å². The average Bonchev–Trinajstić information content (AvgIpc) is 3.05. The van der Waals surface area contributed by atoms with E-state index < -0.39 is 0 Å². The SMILES string of the molecule is CCCCCCOC1CCC2=CC(C)([C@H]3CC[C@](N)(CO)C3)CC=C2C1. The van der Waals surface area contributed by atoms with Crippen LogP contribution in [0.5, 0.6) is 0 Å². The van der Waals surface area contributed by atoms with E-state index in [0.29, 0.717) is 12.0 Å². The zero-order valence-corrected chi connectivity index (χ0v) is 16.9. The van der Waals surface area contributed by atoms with Crippen molar-refractivity contribution in [2.45, 2.75) is 96.1 Å². The van der Waals surface area contributed by atoms with Crippen molar-refractivity contribution < 1.29 is 9.84 Å². The van der Waals surface area contributed by atoms with Crippen LogP contribution in [0.25, 0.3) is 0 Å². The van der Waals surface area contributed by atoms with E-state index in [0.717, 1.165) is 51.6 Å². The van der Waals surface area contributed by atoms with Gasteiger partial charge in [-0.15, -0.1) is 0 Å². The highest BCUT2D eigenvalue weighted by atomic mass is 16.5. The molecule has 26 heavy (non-hydrogen) atoms. The van der Waals surface area contributed by atoms with Crippen molar-refractivity contribution in [3.05, 3.63) is 23.3 Å². The quantitative estimate of drug-likeness (QED) is 0.605. The summed E-state index contributed by atoms with van der Waals surface area (Å²) in [7, 11) is 0. The molecule has 2 saturated carbocycles. The second-order valence-corrected chi connectivity index (χ2v) is 9.37. The highest BCUT2D eigenvalue weighted by Crippen LogP contribution is 2.50. The minimum absolute atomic E-state index is 0.120. The fraction of sp³-hybridized carbons (Fsp3) is 0.826. The summed E-state index contributed by atoms with van der Waals surface area (Å²) in [5, 5.41) is 9.59. The zero-order valence-electron chi connectivity index (χ0n) is 16.9. The first kappa shape index (κ1) is 20.1. The van der Waals surface area contributed by atoms with Gasteiger partial charge in [0.15, 0.2) is 0 Å². The molecule has 0 aliphatic heterocycles. The highest BCUT2D eigenvalue weighted by molar-refractivity contribution is 5.39. The summed E-state index contributed by atoms with van der Waals surface area (Å²) in [6, 6.07) is 0. The van der Waals surface area contributed by atoms with Crippen LogP contribution < -0.4 is 5.73 Å². The molecule has 0 radical (unpaired) electrons. The minimum atomic E-state index is -0.348. The third kappa shape index (κ3) is 4.61. The number of nitrogens with two attached hydrogens (primary N) is 1. The van der Waals surface area contributed by atoms with Crippen LogP contribution in [-0.2, 0) is 4.74 Å². The molecule has 0 amide bonds. The Labute approximate surface area is 160 Å². The molecule has 2 fully saturated rings. The van der Waals surface area contributed by atoms with Gasteiger partial charge in [-0.3, -0.25) is 0 Å². The van der Waals surface area contributed by atoms with Gasteiger partial charge in [-0.25, -0.2) is 0 Å². The number of rotatable bonds is 8. The maximum atomic E-state index is 9.59. The fourth-order valence-electron chi connectivity index (χ4n) is 5.20. The lowest BCUT2D eigenvalue weighted by Gasteiger charge is -2.39. The van der Waals surface area contributed by atoms with E-state index in [1.807, 2.05) is 0 Å². The number of ether oxygens (including phenoxy) is 1. The molecule has 0 saturated heterocycles. The van der Waals surface area contributed by atoms with Crippen molar-refractivity contribution >= 4 is 0 Å². The molecule has 3 aliphatic rings. The van der Waals surface area contributed by atoms with Crippen molar-refractivity contribution in [1.29, 1.82) is 0 Å². The highest BCUT2D eigenvalue weighted by Gasteiger charge is 2.44. The summed E-state index contributed by atoms with van der Waals surface area (Å²) >= 11 is 0. The van der Waals surface area contributed by atoms with Gasteiger partial charge in [0.1, 0.15) is 0 Å². The standard InChI is InChI=1S/C23H39NO2/c1-3-4-5-6-13-26-21-8-7-19-15-22(2,11-9-18(19)14-21)20-10-12-23(24,16-20)17-25/h9,15,20-21,25H,3-8,10-14,16-17,24H2,1-2H3/t20-,21?,22?,23+/m0/s1. The van der Waals surface area contributed by atoms with Crippen molar-refractivity contribution in [2.24, 2.45) is 17.1 Å². The summed E-state index contributed by atoms with van der Waals surface area (Å²) in [6.07, 6.45) is 18.2. The largest absolute Gasteiger partial charge is 0.394 e. The first-order valence-corrected chi connectivity index (χ1v) is 10.9. The van der Waals surface area contributed by atoms with E-state index in [2.05, 4.69) is 26.0 Å². The maximum absolute atomic E-state index is 9.59. The Morgan fingerprint density at radius 2 is 2.08 bits per heavy atom. The first-order chi connectivity index (χ1) is 12.5. The minimum Gasteiger partial charge on any atom is -0.394 e. The summed E-state index contributed by atoms with van der Waals surface area (Å²) in [5.41, 5.74) is 9.29. The van der Waals surface area contributed by atoms with Crippen LogP contribution in [0.3, 0.4) is 0 Å². The monoisotopic (exact) mass is 361 g/mol. The van der Waals surface area contributed by atoms with E-state index in [-0.39, 0.29) is 17.6 Å². The lowest BCUT2D eigenvalue weighted by molar-refractivity contribution is 0.0408. The van der Waals surface area contributed by atoms with Gasteiger partial charge in [0.25, 0.3) is 0 Å². The summed E-state index contributed by atoms with van der Waals surface area (Å²) in [5.74, 6) is 0.595. The molecule has 2 unspecified atom stereocenters. The van der Waals surface area contributed by atoms with E-state index in [9.17, 15) is 5.11 Å². The Hall–Kier alpha value is -0.640. The predicted octanol–water partition coefficient (Wildman–Crippen LogP) is 4.89. The van der Waals surface area contributed by atoms with Crippen molar-refractivity contribution in [3.8, 4) is 0 Å². The lowest BCUT2D eigenvalue weighted by Crippen LogP contribution is -2.42. The molecule has 3 N–H and O–H groups in total. The smallest absolute Gasteiger partial charge is 0.0618 e. The van der Waals surface area contributed by atoms with Gasteiger partial charge in [0.2, 0.25) is 0 Å². The number of unbranched alkanes of at least 4 members (excludes halogenated alkanes) is 3.